The summed E-state index contributed by atoms with van der Waals surface area (Å²) in [6.07, 6.45) is 1.14. The summed E-state index contributed by atoms with van der Waals surface area (Å²) in [7, 11) is 0. The van der Waals surface area contributed by atoms with Crippen molar-refractivity contribution in [3.05, 3.63) is 29.3 Å². The molecule has 1 aliphatic heterocycles. The Morgan fingerprint density at radius 3 is 2.92 bits per heavy atom. The van der Waals surface area contributed by atoms with Gasteiger partial charge in [-0.3, -0.25) is 0 Å². The molecule has 2 heteroatoms. The summed E-state index contributed by atoms with van der Waals surface area (Å²) in [6, 6.07) is 5.95. The molecule has 2 rings (SSSR count). The van der Waals surface area contributed by atoms with Crippen LogP contribution in [0.4, 0.5) is 0 Å². The molecule has 1 aromatic rings. The standard InChI is InChI=1S/C11H15NO/c1-8-2-3-10(11(13)6-8)9-4-5-12-7-9/h2-3,6,9,12-13H,4-5,7H2,1H3. The minimum absolute atomic E-state index is 0.453. The van der Waals surface area contributed by atoms with Crippen molar-refractivity contribution in [2.75, 3.05) is 13.1 Å². The minimum atomic E-state index is 0.453. The molecular formula is C11H15NO. The van der Waals surface area contributed by atoms with E-state index in [1.165, 1.54) is 0 Å². The molecule has 0 aliphatic carbocycles. The Balaban J connectivity index is 2.29. The number of aryl methyl sites for hydroxylation is 1. The van der Waals surface area contributed by atoms with Gasteiger partial charge in [-0.1, -0.05) is 12.1 Å². The third-order valence-corrected chi connectivity index (χ3v) is 2.69. The predicted molar refractivity (Wildman–Crippen MR) is 53.1 cm³/mol. The van der Waals surface area contributed by atoms with Crippen LogP contribution in [0.15, 0.2) is 18.2 Å². The van der Waals surface area contributed by atoms with Gasteiger partial charge in [0.25, 0.3) is 0 Å². The molecule has 1 unspecified atom stereocenters. The molecule has 1 atom stereocenters. The van der Waals surface area contributed by atoms with Crippen LogP contribution in [0.3, 0.4) is 0 Å². The summed E-state index contributed by atoms with van der Waals surface area (Å²) >= 11 is 0. The molecule has 1 saturated heterocycles. The first-order chi connectivity index (χ1) is 6.27. The Hall–Kier alpha value is -1.02. The van der Waals surface area contributed by atoms with Crippen LogP contribution in [0.1, 0.15) is 23.5 Å². The van der Waals surface area contributed by atoms with Crippen LogP contribution >= 0.6 is 0 Å². The lowest BCUT2D eigenvalue weighted by Crippen LogP contribution is -2.08. The maximum Gasteiger partial charge on any atom is 0.119 e. The zero-order chi connectivity index (χ0) is 9.26. The summed E-state index contributed by atoms with van der Waals surface area (Å²) in [5.41, 5.74) is 2.21. The number of benzene rings is 1. The number of phenolic OH excluding ortho intramolecular Hbond substituents is 1. The topological polar surface area (TPSA) is 32.3 Å². The van der Waals surface area contributed by atoms with Crippen molar-refractivity contribution < 1.29 is 5.11 Å². The molecule has 2 N–H and O–H groups in total. The molecule has 0 spiro atoms. The fourth-order valence-electron chi connectivity index (χ4n) is 1.92. The Morgan fingerprint density at radius 1 is 1.46 bits per heavy atom. The summed E-state index contributed by atoms with van der Waals surface area (Å²) in [5, 5.41) is 13.0. The maximum atomic E-state index is 9.72. The van der Waals surface area contributed by atoms with Crippen molar-refractivity contribution in [3.8, 4) is 5.75 Å². The van der Waals surface area contributed by atoms with Gasteiger partial charge in [0, 0.05) is 12.5 Å². The maximum absolute atomic E-state index is 9.72. The SMILES string of the molecule is Cc1ccc(C2CCNC2)c(O)c1. The number of nitrogens with one attached hydrogen (secondary N) is 1. The highest BCUT2D eigenvalue weighted by Crippen LogP contribution is 2.30. The molecule has 1 aliphatic rings. The summed E-state index contributed by atoms with van der Waals surface area (Å²) in [5.74, 6) is 0.953. The smallest absolute Gasteiger partial charge is 0.119 e. The summed E-state index contributed by atoms with van der Waals surface area (Å²) < 4.78 is 0. The lowest BCUT2D eigenvalue weighted by Gasteiger charge is -2.11. The fraction of sp³-hybridized carbons (Fsp3) is 0.455. The largest absolute Gasteiger partial charge is 0.508 e. The highest BCUT2D eigenvalue weighted by Gasteiger charge is 2.18. The average molecular weight is 177 g/mol. The van der Waals surface area contributed by atoms with Crippen LogP contribution in [-0.4, -0.2) is 18.2 Å². The van der Waals surface area contributed by atoms with Crippen LogP contribution in [0.5, 0.6) is 5.75 Å². The van der Waals surface area contributed by atoms with Gasteiger partial charge in [0.2, 0.25) is 0 Å². The monoisotopic (exact) mass is 177 g/mol. The normalized spacial score (nSPS) is 22.1. The van der Waals surface area contributed by atoms with Gasteiger partial charge in [-0.15, -0.1) is 0 Å². The van der Waals surface area contributed by atoms with Gasteiger partial charge in [-0.2, -0.15) is 0 Å². The minimum Gasteiger partial charge on any atom is -0.508 e. The van der Waals surface area contributed by atoms with Gasteiger partial charge in [0.05, 0.1) is 0 Å². The summed E-state index contributed by atoms with van der Waals surface area (Å²) in [6.45, 7) is 4.06. The first-order valence-corrected chi connectivity index (χ1v) is 4.77. The van der Waals surface area contributed by atoms with Crippen LogP contribution in [0.25, 0.3) is 0 Å². The van der Waals surface area contributed by atoms with Gasteiger partial charge in [-0.05, 0) is 37.1 Å². The van der Waals surface area contributed by atoms with E-state index in [-0.39, 0.29) is 0 Å². The number of rotatable bonds is 1. The zero-order valence-corrected chi connectivity index (χ0v) is 7.88. The van der Waals surface area contributed by atoms with E-state index >= 15 is 0 Å². The lowest BCUT2D eigenvalue weighted by molar-refractivity contribution is 0.462. The number of phenols is 1. The second kappa shape index (κ2) is 3.38. The van der Waals surface area contributed by atoms with Crippen molar-refractivity contribution in [1.29, 1.82) is 0 Å². The second-order valence-corrected chi connectivity index (χ2v) is 3.75. The number of hydrogen-bond donors (Lipinski definition) is 2. The van der Waals surface area contributed by atoms with E-state index in [0.29, 0.717) is 11.7 Å². The molecule has 0 radical (unpaired) electrons. The molecule has 1 fully saturated rings. The molecule has 2 nitrogen and oxygen atoms in total. The highest BCUT2D eigenvalue weighted by molar-refractivity contribution is 5.38. The molecular weight excluding hydrogens is 162 g/mol. The van der Waals surface area contributed by atoms with Crippen molar-refractivity contribution in [2.24, 2.45) is 0 Å². The third-order valence-electron chi connectivity index (χ3n) is 2.69. The van der Waals surface area contributed by atoms with Gasteiger partial charge in [0.15, 0.2) is 0 Å². The molecule has 0 aromatic heterocycles. The molecule has 0 amide bonds. The lowest BCUT2D eigenvalue weighted by atomic mass is 9.96. The Bertz CT molecular complexity index is 303. The van der Waals surface area contributed by atoms with Crippen LogP contribution < -0.4 is 5.32 Å². The molecule has 70 valence electrons. The fourth-order valence-corrected chi connectivity index (χ4v) is 1.92. The summed E-state index contributed by atoms with van der Waals surface area (Å²) in [4.78, 5) is 0. The Kier molecular flexibility index (Phi) is 2.23. The molecule has 1 heterocycles. The van der Waals surface area contributed by atoms with Crippen molar-refractivity contribution in [1.82, 2.24) is 5.32 Å². The van der Waals surface area contributed by atoms with Gasteiger partial charge in [0.1, 0.15) is 5.75 Å². The van der Waals surface area contributed by atoms with E-state index in [1.54, 1.807) is 0 Å². The van der Waals surface area contributed by atoms with E-state index in [1.807, 2.05) is 19.1 Å². The van der Waals surface area contributed by atoms with Crippen LogP contribution in [0.2, 0.25) is 0 Å². The quantitative estimate of drug-likeness (QED) is 0.685. The second-order valence-electron chi connectivity index (χ2n) is 3.75. The first kappa shape index (κ1) is 8.57. The first-order valence-electron chi connectivity index (χ1n) is 4.77. The van der Waals surface area contributed by atoms with E-state index in [2.05, 4.69) is 11.4 Å². The third kappa shape index (κ3) is 1.68. The predicted octanol–water partition coefficient (Wildman–Crippen LogP) is 1.78. The Morgan fingerprint density at radius 2 is 2.31 bits per heavy atom. The van der Waals surface area contributed by atoms with Crippen molar-refractivity contribution in [3.63, 3.8) is 0 Å². The highest BCUT2D eigenvalue weighted by atomic mass is 16.3. The number of aromatic hydroxyl groups is 1. The van der Waals surface area contributed by atoms with Gasteiger partial charge in [-0.25, -0.2) is 0 Å². The molecule has 1 aromatic carbocycles. The van der Waals surface area contributed by atoms with Gasteiger partial charge >= 0.3 is 0 Å². The van der Waals surface area contributed by atoms with Crippen molar-refractivity contribution >= 4 is 0 Å². The van der Waals surface area contributed by atoms with E-state index in [0.717, 1.165) is 30.6 Å². The van der Waals surface area contributed by atoms with E-state index < -0.39 is 0 Å². The van der Waals surface area contributed by atoms with Gasteiger partial charge < -0.3 is 10.4 Å². The molecule has 0 saturated carbocycles. The number of hydrogen-bond acceptors (Lipinski definition) is 2. The van der Waals surface area contributed by atoms with E-state index in [9.17, 15) is 5.11 Å². The van der Waals surface area contributed by atoms with Crippen LogP contribution in [-0.2, 0) is 0 Å². The van der Waals surface area contributed by atoms with E-state index in [4.69, 9.17) is 0 Å². The Labute approximate surface area is 78.6 Å². The van der Waals surface area contributed by atoms with Crippen LogP contribution in [0, 0.1) is 6.92 Å². The van der Waals surface area contributed by atoms with Crippen molar-refractivity contribution in [2.45, 2.75) is 19.3 Å². The average Bonchev–Trinajstić information content (AvgIpc) is 2.56. The molecule has 13 heavy (non-hydrogen) atoms. The zero-order valence-electron chi connectivity index (χ0n) is 7.88. The molecule has 0 bridgehead atoms.